The van der Waals surface area contributed by atoms with Gasteiger partial charge in [-0.25, -0.2) is 9.48 Å². The number of alkyl halides is 3. The van der Waals surface area contributed by atoms with Crippen molar-refractivity contribution in [1.29, 1.82) is 0 Å². The van der Waals surface area contributed by atoms with Crippen LogP contribution < -0.4 is 5.32 Å². The second kappa shape index (κ2) is 8.07. The van der Waals surface area contributed by atoms with Crippen molar-refractivity contribution in [2.24, 2.45) is 0 Å². The van der Waals surface area contributed by atoms with Crippen LogP contribution in [0.25, 0.3) is 5.69 Å². The van der Waals surface area contributed by atoms with Gasteiger partial charge in [-0.2, -0.15) is 18.3 Å². The summed E-state index contributed by atoms with van der Waals surface area (Å²) in [5.74, 6) is -2.50. The van der Waals surface area contributed by atoms with Gasteiger partial charge in [-0.05, 0) is 31.9 Å². The van der Waals surface area contributed by atoms with Crippen LogP contribution in [0.2, 0.25) is 0 Å². The molecule has 1 heterocycles. The number of hydrogen-bond donors (Lipinski definition) is 2. The molecule has 1 aromatic carbocycles. The van der Waals surface area contributed by atoms with E-state index >= 15 is 0 Å². The molecule has 0 bridgehead atoms. The third kappa shape index (κ3) is 4.75. The van der Waals surface area contributed by atoms with Gasteiger partial charge in [0, 0.05) is 0 Å². The number of carbonyl (C=O) groups is 2. The molecule has 2 rings (SSSR count). The Morgan fingerprint density at radius 2 is 1.96 bits per heavy atom. The Balaban J connectivity index is 2.41. The maximum atomic E-state index is 13.6. The molecule has 0 spiro atoms. The van der Waals surface area contributed by atoms with Gasteiger partial charge < -0.3 is 10.4 Å². The predicted octanol–water partition coefficient (Wildman–Crippen LogP) is 3.35. The Morgan fingerprint density at radius 3 is 2.48 bits per heavy atom. The van der Waals surface area contributed by atoms with Crippen LogP contribution in [0.5, 0.6) is 0 Å². The van der Waals surface area contributed by atoms with Crippen molar-refractivity contribution < 1.29 is 27.9 Å². The first-order valence-electron chi connectivity index (χ1n) is 8.02. The number of benzene rings is 1. The summed E-state index contributed by atoms with van der Waals surface area (Å²) in [6, 6.07) is 4.80. The highest BCUT2D eigenvalue weighted by Gasteiger charge is 2.41. The van der Waals surface area contributed by atoms with Gasteiger partial charge >= 0.3 is 12.1 Å². The van der Waals surface area contributed by atoms with Crippen molar-refractivity contribution in [3.05, 3.63) is 59.9 Å². The number of rotatable bonds is 7. The van der Waals surface area contributed by atoms with Crippen LogP contribution >= 0.6 is 0 Å². The number of carbonyl (C=O) groups excluding carboxylic acids is 1. The smallest absolute Gasteiger partial charge is 0.434 e. The van der Waals surface area contributed by atoms with Crippen LogP contribution in [0.1, 0.15) is 34.5 Å². The summed E-state index contributed by atoms with van der Waals surface area (Å²) in [6.07, 6.45) is -2.33. The van der Waals surface area contributed by atoms with Gasteiger partial charge in [0.15, 0.2) is 5.69 Å². The number of nitrogens with one attached hydrogen (secondary N) is 1. The highest BCUT2D eigenvalue weighted by Crippen LogP contribution is 2.33. The number of hydrogen-bond acceptors (Lipinski definition) is 3. The monoisotopic (exact) mass is 381 g/mol. The number of halogens is 3. The largest absolute Gasteiger partial charge is 0.480 e. The molecule has 0 aliphatic carbocycles. The van der Waals surface area contributed by atoms with Crippen molar-refractivity contribution in [1.82, 2.24) is 15.1 Å². The number of carboxylic acid groups (broad SMARTS) is 1. The zero-order valence-corrected chi connectivity index (χ0v) is 14.5. The van der Waals surface area contributed by atoms with Gasteiger partial charge in [0.2, 0.25) is 0 Å². The van der Waals surface area contributed by atoms with Crippen molar-refractivity contribution in [2.45, 2.75) is 32.0 Å². The summed E-state index contributed by atoms with van der Waals surface area (Å²) in [6.45, 7) is 5.23. The number of aliphatic carboxylic acids is 1. The Morgan fingerprint density at radius 1 is 1.33 bits per heavy atom. The highest BCUT2D eigenvalue weighted by molar-refractivity contribution is 5.97. The summed E-state index contributed by atoms with van der Waals surface area (Å²) in [5.41, 5.74) is -1.03. The van der Waals surface area contributed by atoms with E-state index in [9.17, 15) is 22.8 Å². The van der Waals surface area contributed by atoms with Crippen LogP contribution in [-0.2, 0) is 11.0 Å². The van der Waals surface area contributed by atoms with Crippen molar-refractivity contribution in [2.75, 3.05) is 0 Å². The van der Waals surface area contributed by atoms with Gasteiger partial charge in [0.05, 0.1) is 17.4 Å². The molecule has 0 saturated carbocycles. The molecular formula is C18H18F3N3O3. The maximum Gasteiger partial charge on any atom is 0.434 e. The summed E-state index contributed by atoms with van der Waals surface area (Å²) in [5, 5.41) is 14.9. The predicted molar refractivity (Wildman–Crippen MR) is 91.6 cm³/mol. The average molecular weight is 381 g/mol. The molecular weight excluding hydrogens is 363 g/mol. The Hall–Kier alpha value is -3.10. The van der Waals surface area contributed by atoms with E-state index < -0.39 is 35.4 Å². The summed E-state index contributed by atoms with van der Waals surface area (Å²) in [7, 11) is 0. The molecule has 0 radical (unpaired) electrons. The van der Waals surface area contributed by atoms with Gasteiger partial charge in [-0.3, -0.25) is 4.79 Å². The van der Waals surface area contributed by atoms with Crippen LogP contribution in [0.3, 0.4) is 0 Å². The molecule has 144 valence electrons. The fourth-order valence-corrected chi connectivity index (χ4v) is 2.45. The quantitative estimate of drug-likeness (QED) is 0.721. The zero-order valence-electron chi connectivity index (χ0n) is 14.5. The lowest BCUT2D eigenvalue weighted by molar-refractivity contribution is -0.143. The molecule has 1 aromatic heterocycles. The van der Waals surface area contributed by atoms with Crippen LogP contribution in [0.4, 0.5) is 13.2 Å². The molecule has 6 nitrogen and oxygen atoms in total. The summed E-state index contributed by atoms with van der Waals surface area (Å²) in [4.78, 5) is 23.6. The average Bonchev–Trinajstić information content (AvgIpc) is 3.04. The minimum Gasteiger partial charge on any atom is -0.480 e. The third-order valence-corrected chi connectivity index (χ3v) is 3.82. The van der Waals surface area contributed by atoms with E-state index in [-0.39, 0.29) is 18.5 Å². The SMILES string of the molecule is C=CCCC(NC(=O)c1cnn(-c2ccc(C)cc2)c1C(F)(F)F)C(=O)O. The van der Waals surface area contributed by atoms with Crippen molar-refractivity contribution in [3.8, 4) is 5.69 Å². The maximum absolute atomic E-state index is 13.6. The molecule has 9 heteroatoms. The van der Waals surface area contributed by atoms with Crippen LogP contribution in [-0.4, -0.2) is 32.8 Å². The second-order valence-electron chi connectivity index (χ2n) is 5.88. The van der Waals surface area contributed by atoms with Gasteiger partial charge in [-0.15, -0.1) is 6.58 Å². The molecule has 0 saturated heterocycles. The number of amides is 1. The van der Waals surface area contributed by atoms with Crippen LogP contribution in [0, 0.1) is 6.92 Å². The molecule has 2 aromatic rings. The van der Waals surface area contributed by atoms with E-state index in [0.29, 0.717) is 4.68 Å². The Kier molecular flexibility index (Phi) is 6.04. The first-order chi connectivity index (χ1) is 12.6. The van der Waals surface area contributed by atoms with E-state index in [2.05, 4.69) is 17.0 Å². The zero-order chi connectivity index (χ0) is 20.2. The summed E-state index contributed by atoms with van der Waals surface area (Å²) >= 11 is 0. The number of aryl methyl sites for hydroxylation is 1. The molecule has 0 fully saturated rings. The van der Waals surface area contributed by atoms with E-state index in [1.165, 1.54) is 18.2 Å². The molecule has 0 aliphatic rings. The van der Waals surface area contributed by atoms with E-state index in [0.717, 1.165) is 11.8 Å². The summed E-state index contributed by atoms with van der Waals surface area (Å²) < 4.78 is 41.4. The lowest BCUT2D eigenvalue weighted by Gasteiger charge is -2.15. The van der Waals surface area contributed by atoms with E-state index in [4.69, 9.17) is 5.11 Å². The Bertz CT molecular complexity index is 842. The minimum absolute atomic E-state index is 0.0119. The fourth-order valence-electron chi connectivity index (χ4n) is 2.45. The molecule has 1 atom stereocenters. The number of allylic oxidation sites excluding steroid dienone is 1. The second-order valence-corrected chi connectivity index (χ2v) is 5.88. The third-order valence-electron chi connectivity index (χ3n) is 3.82. The molecule has 0 aliphatic heterocycles. The normalized spacial score (nSPS) is 12.4. The fraction of sp³-hybridized carbons (Fsp3) is 0.278. The molecule has 27 heavy (non-hydrogen) atoms. The number of aromatic nitrogens is 2. The molecule has 2 N–H and O–H groups in total. The van der Waals surface area contributed by atoms with E-state index in [1.54, 1.807) is 19.1 Å². The first-order valence-corrected chi connectivity index (χ1v) is 8.02. The van der Waals surface area contributed by atoms with Crippen molar-refractivity contribution in [3.63, 3.8) is 0 Å². The molecule has 1 unspecified atom stereocenters. The van der Waals surface area contributed by atoms with Gasteiger partial charge in [0.25, 0.3) is 5.91 Å². The first kappa shape index (κ1) is 20.2. The van der Waals surface area contributed by atoms with Gasteiger partial charge in [0.1, 0.15) is 6.04 Å². The van der Waals surface area contributed by atoms with Crippen molar-refractivity contribution >= 4 is 11.9 Å². The highest BCUT2D eigenvalue weighted by atomic mass is 19.4. The Labute approximate surface area is 153 Å². The van der Waals surface area contributed by atoms with Gasteiger partial charge in [-0.1, -0.05) is 23.8 Å². The standard InChI is InChI=1S/C18H18F3N3O3/c1-3-4-5-14(17(26)27)23-16(25)13-10-22-24(15(13)18(19,20)21)12-8-6-11(2)7-9-12/h3,6-10,14H,1,4-5H2,2H3,(H,23,25)(H,26,27). The molecule has 1 amide bonds. The van der Waals surface area contributed by atoms with Crippen LogP contribution in [0.15, 0.2) is 43.1 Å². The number of nitrogens with zero attached hydrogens (tertiary/aromatic N) is 2. The topological polar surface area (TPSA) is 84.2 Å². The van der Waals surface area contributed by atoms with E-state index in [1.807, 2.05) is 0 Å². The number of carboxylic acids is 1. The lowest BCUT2D eigenvalue weighted by atomic mass is 10.1. The minimum atomic E-state index is -4.87. The lowest BCUT2D eigenvalue weighted by Crippen LogP contribution is -2.41.